The summed E-state index contributed by atoms with van der Waals surface area (Å²) in [5.41, 5.74) is 6.24. The molecule has 122 valence electrons. The summed E-state index contributed by atoms with van der Waals surface area (Å²) in [7, 11) is 0. The van der Waals surface area contributed by atoms with Crippen LogP contribution in [0.5, 0.6) is 0 Å². The molecule has 0 radical (unpaired) electrons. The van der Waals surface area contributed by atoms with Gasteiger partial charge in [0, 0.05) is 5.75 Å². The van der Waals surface area contributed by atoms with Crippen molar-refractivity contribution >= 4 is 17.7 Å². The first-order chi connectivity index (χ1) is 11.0. The Morgan fingerprint density at radius 3 is 2.52 bits per heavy atom. The number of hydrogen-bond donors (Lipinski definition) is 1. The van der Waals surface area contributed by atoms with Crippen molar-refractivity contribution in [3.05, 3.63) is 70.3 Å². The van der Waals surface area contributed by atoms with E-state index in [1.54, 1.807) is 11.8 Å². The highest BCUT2D eigenvalue weighted by atomic mass is 32.2. The molecule has 0 aliphatic rings. The molecule has 2 nitrogen and oxygen atoms in total. The number of hydrogen-bond acceptors (Lipinski definition) is 2. The molecule has 1 atom stereocenters. The molecule has 2 aromatic carbocycles. The van der Waals surface area contributed by atoms with Gasteiger partial charge in [-0.3, -0.25) is 4.79 Å². The van der Waals surface area contributed by atoms with E-state index in [1.165, 1.54) is 27.8 Å². The smallest absolute Gasteiger partial charge is 0.230 e. The minimum atomic E-state index is 0.0437. The number of benzene rings is 2. The standard InChI is InChI=1S/C20H25NOS/c1-14-9-10-19(16(3)11-14)17(4)21-20(22)13-23-12-18-8-6-5-7-15(18)2/h5-11,17H,12-13H2,1-4H3,(H,21,22)/t17-/m0/s1. The Kier molecular flexibility index (Phi) is 6.28. The van der Waals surface area contributed by atoms with Crippen LogP contribution >= 0.6 is 11.8 Å². The van der Waals surface area contributed by atoms with Crippen LogP contribution in [0.2, 0.25) is 0 Å². The predicted molar refractivity (Wildman–Crippen MR) is 99.8 cm³/mol. The highest BCUT2D eigenvalue weighted by molar-refractivity contribution is 7.99. The molecule has 0 heterocycles. The average Bonchev–Trinajstić information content (AvgIpc) is 2.49. The van der Waals surface area contributed by atoms with E-state index in [4.69, 9.17) is 0 Å². The Bertz CT molecular complexity index is 681. The first kappa shape index (κ1) is 17.6. The number of nitrogens with one attached hydrogen (secondary N) is 1. The minimum absolute atomic E-state index is 0.0437. The van der Waals surface area contributed by atoms with Gasteiger partial charge < -0.3 is 5.32 Å². The summed E-state index contributed by atoms with van der Waals surface area (Å²) in [5.74, 6) is 1.46. The maximum Gasteiger partial charge on any atom is 0.230 e. The van der Waals surface area contributed by atoms with Gasteiger partial charge in [0.15, 0.2) is 0 Å². The van der Waals surface area contributed by atoms with Crippen molar-refractivity contribution in [2.45, 2.75) is 39.5 Å². The summed E-state index contributed by atoms with van der Waals surface area (Å²) in [5, 5.41) is 3.10. The minimum Gasteiger partial charge on any atom is -0.349 e. The van der Waals surface area contributed by atoms with Crippen LogP contribution in [0.15, 0.2) is 42.5 Å². The van der Waals surface area contributed by atoms with Crippen molar-refractivity contribution in [2.75, 3.05) is 5.75 Å². The molecule has 0 aromatic heterocycles. The third-order valence-corrected chi connectivity index (χ3v) is 5.00. The molecule has 0 aliphatic carbocycles. The molecule has 2 aromatic rings. The molecular weight excluding hydrogens is 302 g/mol. The lowest BCUT2D eigenvalue weighted by molar-refractivity contribution is -0.119. The summed E-state index contributed by atoms with van der Waals surface area (Å²) in [6.07, 6.45) is 0. The second kappa shape index (κ2) is 8.21. The molecule has 0 fully saturated rings. The molecule has 2 rings (SSSR count). The number of amides is 1. The van der Waals surface area contributed by atoms with Crippen molar-refractivity contribution in [3.8, 4) is 0 Å². The van der Waals surface area contributed by atoms with Crippen LogP contribution in [-0.2, 0) is 10.5 Å². The third-order valence-electron chi connectivity index (χ3n) is 4.02. The molecular formula is C20H25NOS. The highest BCUT2D eigenvalue weighted by Gasteiger charge is 2.12. The molecule has 0 saturated heterocycles. The number of rotatable bonds is 6. The number of carbonyl (C=O) groups is 1. The van der Waals surface area contributed by atoms with Crippen LogP contribution in [-0.4, -0.2) is 11.7 Å². The Balaban J connectivity index is 1.83. The van der Waals surface area contributed by atoms with E-state index in [-0.39, 0.29) is 11.9 Å². The van der Waals surface area contributed by atoms with Gasteiger partial charge in [0.05, 0.1) is 11.8 Å². The van der Waals surface area contributed by atoms with Gasteiger partial charge in [-0.2, -0.15) is 0 Å². The van der Waals surface area contributed by atoms with Crippen molar-refractivity contribution in [3.63, 3.8) is 0 Å². The van der Waals surface area contributed by atoms with E-state index < -0.39 is 0 Å². The quantitative estimate of drug-likeness (QED) is 0.831. The molecule has 0 aliphatic heterocycles. The van der Waals surface area contributed by atoms with Gasteiger partial charge >= 0.3 is 0 Å². The van der Waals surface area contributed by atoms with Gasteiger partial charge in [0.25, 0.3) is 0 Å². The summed E-state index contributed by atoms with van der Waals surface area (Å²) in [6, 6.07) is 14.7. The van der Waals surface area contributed by atoms with Crippen molar-refractivity contribution in [1.82, 2.24) is 5.32 Å². The fourth-order valence-corrected chi connectivity index (χ4v) is 3.61. The van der Waals surface area contributed by atoms with Crippen LogP contribution < -0.4 is 5.32 Å². The average molecular weight is 327 g/mol. The third kappa shape index (κ3) is 5.14. The van der Waals surface area contributed by atoms with Gasteiger partial charge in [-0.05, 0) is 49.9 Å². The first-order valence-corrected chi connectivity index (χ1v) is 9.11. The largest absolute Gasteiger partial charge is 0.349 e. The SMILES string of the molecule is Cc1ccc([C@H](C)NC(=O)CSCc2ccccc2C)c(C)c1. The zero-order chi connectivity index (χ0) is 16.8. The lowest BCUT2D eigenvalue weighted by Gasteiger charge is -2.17. The highest BCUT2D eigenvalue weighted by Crippen LogP contribution is 2.19. The summed E-state index contributed by atoms with van der Waals surface area (Å²) >= 11 is 1.66. The molecule has 0 saturated carbocycles. The predicted octanol–water partition coefficient (Wildman–Crippen LogP) is 4.72. The molecule has 1 N–H and O–H groups in total. The normalized spacial score (nSPS) is 12.0. The zero-order valence-electron chi connectivity index (χ0n) is 14.3. The molecule has 3 heteroatoms. The Morgan fingerprint density at radius 2 is 1.83 bits per heavy atom. The van der Waals surface area contributed by atoms with Gasteiger partial charge in [-0.15, -0.1) is 11.8 Å². The fourth-order valence-electron chi connectivity index (χ4n) is 2.70. The zero-order valence-corrected chi connectivity index (χ0v) is 15.2. The Morgan fingerprint density at radius 1 is 1.09 bits per heavy atom. The second-order valence-corrected chi connectivity index (χ2v) is 7.05. The molecule has 0 spiro atoms. The van der Waals surface area contributed by atoms with Crippen molar-refractivity contribution in [1.29, 1.82) is 0 Å². The van der Waals surface area contributed by atoms with E-state index >= 15 is 0 Å². The number of carbonyl (C=O) groups excluding carboxylic acids is 1. The van der Waals surface area contributed by atoms with Gasteiger partial charge in [0.2, 0.25) is 5.91 Å². The van der Waals surface area contributed by atoms with E-state index in [0.29, 0.717) is 5.75 Å². The molecule has 23 heavy (non-hydrogen) atoms. The lowest BCUT2D eigenvalue weighted by atomic mass is 10.0. The van der Waals surface area contributed by atoms with E-state index in [9.17, 15) is 4.79 Å². The number of thioether (sulfide) groups is 1. The van der Waals surface area contributed by atoms with Crippen molar-refractivity contribution in [2.24, 2.45) is 0 Å². The Hall–Kier alpha value is -1.74. The van der Waals surface area contributed by atoms with Crippen LogP contribution in [0.3, 0.4) is 0 Å². The topological polar surface area (TPSA) is 29.1 Å². The summed E-state index contributed by atoms with van der Waals surface area (Å²) < 4.78 is 0. The van der Waals surface area contributed by atoms with E-state index in [1.807, 2.05) is 19.1 Å². The fraction of sp³-hybridized carbons (Fsp3) is 0.350. The lowest BCUT2D eigenvalue weighted by Crippen LogP contribution is -2.28. The van der Waals surface area contributed by atoms with Crippen LogP contribution in [0.4, 0.5) is 0 Å². The van der Waals surface area contributed by atoms with E-state index in [2.05, 4.69) is 56.4 Å². The number of aryl methyl sites for hydroxylation is 3. The van der Waals surface area contributed by atoms with Gasteiger partial charge in [-0.1, -0.05) is 48.0 Å². The monoisotopic (exact) mass is 327 g/mol. The van der Waals surface area contributed by atoms with Crippen LogP contribution in [0.25, 0.3) is 0 Å². The van der Waals surface area contributed by atoms with E-state index in [0.717, 1.165) is 5.75 Å². The maximum atomic E-state index is 12.1. The maximum absolute atomic E-state index is 12.1. The first-order valence-electron chi connectivity index (χ1n) is 7.96. The summed E-state index contributed by atoms with van der Waals surface area (Å²) in [6.45, 7) is 8.33. The van der Waals surface area contributed by atoms with Gasteiger partial charge in [0.1, 0.15) is 0 Å². The molecule has 0 bridgehead atoms. The second-order valence-electron chi connectivity index (χ2n) is 6.07. The molecule has 1 amide bonds. The van der Waals surface area contributed by atoms with Crippen LogP contribution in [0.1, 0.15) is 40.8 Å². The van der Waals surface area contributed by atoms with Crippen LogP contribution in [0, 0.1) is 20.8 Å². The summed E-state index contributed by atoms with van der Waals surface area (Å²) in [4.78, 5) is 12.1. The van der Waals surface area contributed by atoms with Crippen molar-refractivity contribution < 1.29 is 4.79 Å². The molecule has 0 unspecified atom stereocenters. The Labute approximate surface area is 143 Å². The van der Waals surface area contributed by atoms with Gasteiger partial charge in [-0.25, -0.2) is 0 Å².